The second-order valence-electron chi connectivity index (χ2n) is 4.97. The Hall–Kier alpha value is -1.62. The van der Waals surface area contributed by atoms with Crippen molar-refractivity contribution >= 4 is 5.91 Å². The average molecular weight is 235 g/mol. The van der Waals surface area contributed by atoms with Gasteiger partial charge in [0, 0.05) is 31.2 Å². The number of amides is 1. The number of H-pyrrole nitrogens is 1. The van der Waals surface area contributed by atoms with Crippen molar-refractivity contribution in [2.75, 3.05) is 19.6 Å². The molecule has 1 aromatic heterocycles. The average Bonchev–Trinajstić information content (AvgIpc) is 2.26. The zero-order chi connectivity index (χ0) is 12.5. The topological polar surface area (TPSA) is 65.2 Å². The lowest BCUT2D eigenvalue weighted by Crippen LogP contribution is -2.58. The molecule has 0 bridgehead atoms. The summed E-state index contributed by atoms with van der Waals surface area (Å²) in [5.41, 5.74) is 0.0312. The minimum absolute atomic E-state index is 0.0804. The van der Waals surface area contributed by atoms with E-state index >= 15 is 0 Å². The highest BCUT2D eigenvalue weighted by molar-refractivity contribution is 5.92. The molecule has 5 nitrogen and oxygen atoms in total. The van der Waals surface area contributed by atoms with E-state index in [-0.39, 0.29) is 17.0 Å². The quantitative estimate of drug-likeness (QED) is 0.730. The minimum Gasteiger partial charge on any atom is -0.334 e. The third kappa shape index (κ3) is 2.74. The molecule has 1 aliphatic rings. The van der Waals surface area contributed by atoms with Crippen LogP contribution in [0.1, 0.15) is 24.3 Å². The normalized spacial score (nSPS) is 19.1. The van der Waals surface area contributed by atoms with Crippen LogP contribution < -0.4 is 10.9 Å². The Bertz CT molecular complexity index is 479. The number of pyridine rings is 1. The molecule has 0 radical (unpaired) electrons. The van der Waals surface area contributed by atoms with Gasteiger partial charge in [-0.2, -0.15) is 0 Å². The summed E-state index contributed by atoms with van der Waals surface area (Å²) >= 11 is 0. The molecule has 0 aromatic carbocycles. The largest absolute Gasteiger partial charge is 0.334 e. The van der Waals surface area contributed by atoms with Gasteiger partial charge in [0.05, 0.1) is 0 Å². The maximum absolute atomic E-state index is 12.2. The summed E-state index contributed by atoms with van der Waals surface area (Å²) in [4.78, 5) is 27.7. The molecule has 1 amide bonds. The highest BCUT2D eigenvalue weighted by atomic mass is 16.2. The van der Waals surface area contributed by atoms with Gasteiger partial charge in [-0.25, -0.2) is 0 Å². The standard InChI is InChI=1S/C12H17N3O2/c1-12(2)8-15(7-6-13-12)11(17)9-4-3-5-10(16)14-9/h3-5,13H,6-8H2,1-2H3,(H,14,16). The van der Waals surface area contributed by atoms with Crippen LogP contribution in [0.2, 0.25) is 0 Å². The molecular weight excluding hydrogens is 218 g/mol. The molecule has 1 saturated heterocycles. The predicted molar refractivity (Wildman–Crippen MR) is 65.0 cm³/mol. The van der Waals surface area contributed by atoms with Crippen molar-refractivity contribution in [3.8, 4) is 0 Å². The number of hydrogen-bond acceptors (Lipinski definition) is 3. The molecule has 0 spiro atoms. The minimum atomic E-state index is -0.245. The fourth-order valence-corrected chi connectivity index (χ4v) is 2.06. The van der Waals surface area contributed by atoms with Crippen molar-refractivity contribution in [3.05, 3.63) is 34.2 Å². The van der Waals surface area contributed by atoms with E-state index in [1.807, 2.05) is 0 Å². The van der Waals surface area contributed by atoms with Gasteiger partial charge >= 0.3 is 0 Å². The van der Waals surface area contributed by atoms with Crippen molar-refractivity contribution in [1.29, 1.82) is 0 Å². The number of carbonyl (C=O) groups is 1. The summed E-state index contributed by atoms with van der Waals surface area (Å²) in [5, 5.41) is 3.34. The van der Waals surface area contributed by atoms with Gasteiger partial charge in [0.25, 0.3) is 5.91 Å². The summed E-state index contributed by atoms with van der Waals surface area (Å²) < 4.78 is 0. The van der Waals surface area contributed by atoms with E-state index in [2.05, 4.69) is 24.1 Å². The van der Waals surface area contributed by atoms with Crippen LogP contribution in [0.4, 0.5) is 0 Å². The molecule has 0 saturated carbocycles. The smallest absolute Gasteiger partial charge is 0.270 e. The van der Waals surface area contributed by atoms with Crippen LogP contribution in [0.15, 0.2) is 23.0 Å². The zero-order valence-electron chi connectivity index (χ0n) is 10.1. The lowest BCUT2D eigenvalue weighted by molar-refractivity contribution is 0.0646. The molecular formula is C12H17N3O2. The summed E-state index contributed by atoms with van der Waals surface area (Å²) in [7, 11) is 0. The second-order valence-corrected chi connectivity index (χ2v) is 4.97. The molecule has 1 aromatic rings. The Morgan fingerprint density at radius 1 is 1.41 bits per heavy atom. The van der Waals surface area contributed by atoms with Crippen LogP contribution in [-0.2, 0) is 0 Å². The van der Waals surface area contributed by atoms with E-state index in [0.29, 0.717) is 18.8 Å². The number of piperazine rings is 1. The molecule has 17 heavy (non-hydrogen) atoms. The first-order valence-corrected chi connectivity index (χ1v) is 5.72. The highest BCUT2D eigenvalue weighted by Gasteiger charge is 2.29. The SMILES string of the molecule is CC1(C)CN(C(=O)c2cccc(=O)[nH]2)CCN1. The van der Waals surface area contributed by atoms with E-state index in [0.717, 1.165) is 6.54 Å². The Labute approximate surface area is 99.8 Å². The summed E-state index contributed by atoms with van der Waals surface area (Å²) in [5.74, 6) is -0.114. The third-order valence-corrected chi connectivity index (χ3v) is 2.86. The van der Waals surface area contributed by atoms with Gasteiger partial charge in [-0.3, -0.25) is 9.59 Å². The molecule has 92 valence electrons. The van der Waals surface area contributed by atoms with Gasteiger partial charge in [0.1, 0.15) is 5.69 Å². The number of nitrogens with zero attached hydrogens (tertiary/aromatic N) is 1. The van der Waals surface area contributed by atoms with Gasteiger partial charge in [-0.15, -0.1) is 0 Å². The van der Waals surface area contributed by atoms with Gasteiger partial charge in [-0.1, -0.05) is 6.07 Å². The Kier molecular flexibility index (Phi) is 3.02. The van der Waals surface area contributed by atoms with Crippen molar-refractivity contribution in [3.63, 3.8) is 0 Å². The summed E-state index contributed by atoms with van der Waals surface area (Å²) in [6.07, 6.45) is 0. The van der Waals surface area contributed by atoms with E-state index < -0.39 is 0 Å². The number of aromatic amines is 1. The Morgan fingerprint density at radius 2 is 2.18 bits per heavy atom. The van der Waals surface area contributed by atoms with Crippen molar-refractivity contribution in [1.82, 2.24) is 15.2 Å². The Balaban J connectivity index is 2.18. The molecule has 1 aliphatic heterocycles. The summed E-state index contributed by atoms with van der Waals surface area (Å²) in [6.45, 7) is 6.19. The van der Waals surface area contributed by atoms with Gasteiger partial charge < -0.3 is 15.2 Å². The van der Waals surface area contributed by atoms with Crippen LogP contribution >= 0.6 is 0 Å². The first-order valence-electron chi connectivity index (χ1n) is 5.72. The number of aromatic nitrogens is 1. The molecule has 1 fully saturated rings. The molecule has 5 heteroatoms. The van der Waals surface area contributed by atoms with Crippen molar-refractivity contribution in [2.45, 2.75) is 19.4 Å². The van der Waals surface area contributed by atoms with Crippen LogP contribution in [0, 0.1) is 0 Å². The van der Waals surface area contributed by atoms with E-state index in [4.69, 9.17) is 0 Å². The molecule has 0 unspecified atom stereocenters. The van der Waals surface area contributed by atoms with E-state index in [1.54, 1.807) is 17.0 Å². The van der Waals surface area contributed by atoms with Crippen LogP contribution in [0.5, 0.6) is 0 Å². The first kappa shape index (κ1) is 11.9. The fourth-order valence-electron chi connectivity index (χ4n) is 2.06. The van der Waals surface area contributed by atoms with Gasteiger partial charge in [-0.05, 0) is 19.9 Å². The lowest BCUT2D eigenvalue weighted by atomic mass is 10.0. The monoisotopic (exact) mass is 235 g/mol. The zero-order valence-corrected chi connectivity index (χ0v) is 10.1. The molecule has 0 atom stereocenters. The Morgan fingerprint density at radius 3 is 2.82 bits per heavy atom. The first-order chi connectivity index (χ1) is 7.98. The molecule has 2 rings (SSSR count). The number of hydrogen-bond donors (Lipinski definition) is 2. The molecule has 2 N–H and O–H groups in total. The number of nitrogens with one attached hydrogen (secondary N) is 2. The highest BCUT2D eigenvalue weighted by Crippen LogP contribution is 2.12. The van der Waals surface area contributed by atoms with Crippen molar-refractivity contribution in [2.24, 2.45) is 0 Å². The maximum atomic E-state index is 12.2. The molecule has 0 aliphatic carbocycles. The maximum Gasteiger partial charge on any atom is 0.270 e. The van der Waals surface area contributed by atoms with Crippen molar-refractivity contribution < 1.29 is 4.79 Å². The third-order valence-electron chi connectivity index (χ3n) is 2.86. The van der Waals surface area contributed by atoms with Gasteiger partial charge in [0.15, 0.2) is 0 Å². The predicted octanol–water partition coefficient (Wildman–Crippen LogP) is 0.199. The fraction of sp³-hybridized carbons (Fsp3) is 0.500. The second kappa shape index (κ2) is 4.33. The number of carbonyl (C=O) groups excluding carboxylic acids is 1. The van der Waals surface area contributed by atoms with E-state index in [1.165, 1.54) is 6.07 Å². The van der Waals surface area contributed by atoms with Crippen LogP contribution in [0.25, 0.3) is 0 Å². The lowest BCUT2D eigenvalue weighted by Gasteiger charge is -2.39. The summed E-state index contributed by atoms with van der Waals surface area (Å²) in [6, 6.07) is 4.64. The van der Waals surface area contributed by atoms with Crippen LogP contribution in [-0.4, -0.2) is 41.0 Å². The molecule has 2 heterocycles. The van der Waals surface area contributed by atoms with Crippen LogP contribution in [0.3, 0.4) is 0 Å². The number of rotatable bonds is 1. The van der Waals surface area contributed by atoms with Gasteiger partial charge in [0.2, 0.25) is 5.56 Å². The van der Waals surface area contributed by atoms with E-state index in [9.17, 15) is 9.59 Å².